The fraction of sp³-hybridized carbons (Fsp3) is 0.333. The SMILES string of the molecule is [O]C(O)COCc1ccccc1. The number of rotatable bonds is 4. The van der Waals surface area contributed by atoms with E-state index in [2.05, 4.69) is 0 Å². The lowest BCUT2D eigenvalue weighted by molar-refractivity contribution is -0.137. The van der Waals surface area contributed by atoms with Crippen molar-refractivity contribution in [3.8, 4) is 0 Å². The van der Waals surface area contributed by atoms with Gasteiger partial charge < -0.3 is 9.84 Å². The first kappa shape index (κ1) is 9.19. The van der Waals surface area contributed by atoms with Crippen molar-refractivity contribution in [2.24, 2.45) is 0 Å². The number of hydrogen-bond acceptors (Lipinski definition) is 2. The second kappa shape index (κ2) is 4.87. The Labute approximate surface area is 71.2 Å². The maximum absolute atomic E-state index is 10.1. The first-order chi connectivity index (χ1) is 5.79. The number of aliphatic hydroxyl groups is 1. The Balaban J connectivity index is 2.25. The highest BCUT2D eigenvalue weighted by Gasteiger charge is 1.98. The third kappa shape index (κ3) is 3.48. The predicted octanol–water partition coefficient (Wildman–Crippen LogP) is 0.952. The molecule has 0 aliphatic carbocycles. The van der Waals surface area contributed by atoms with Crippen molar-refractivity contribution in [1.29, 1.82) is 0 Å². The van der Waals surface area contributed by atoms with Crippen LogP contribution in [0.5, 0.6) is 0 Å². The normalized spacial score (nSPS) is 10.6. The highest BCUT2D eigenvalue weighted by molar-refractivity contribution is 5.13. The average molecular weight is 167 g/mol. The lowest BCUT2D eigenvalue weighted by Gasteiger charge is -2.03. The summed E-state index contributed by atoms with van der Waals surface area (Å²) < 4.78 is 4.92. The lowest BCUT2D eigenvalue weighted by atomic mass is 10.2. The van der Waals surface area contributed by atoms with E-state index in [1.54, 1.807) is 0 Å². The molecule has 1 aromatic carbocycles. The molecule has 0 heterocycles. The highest BCUT2D eigenvalue weighted by Crippen LogP contribution is 2.00. The molecule has 12 heavy (non-hydrogen) atoms. The van der Waals surface area contributed by atoms with Crippen molar-refractivity contribution in [1.82, 2.24) is 0 Å². The second-order valence-corrected chi connectivity index (χ2v) is 2.46. The average Bonchev–Trinajstić information content (AvgIpc) is 2.05. The van der Waals surface area contributed by atoms with Crippen LogP contribution in [0.1, 0.15) is 5.56 Å². The van der Waals surface area contributed by atoms with Crippen LogP contribution in [0.25, 0.3) is 0 Å². The summed E-state index contributed by atoms with van der Waals surface area (Å²) in [4.78, 5) is 0. The van der Waals surface area contributed by atoms with E-state index in [4.69, 9.17) is 9.84 Å². The van der Waals surface area contributed by atoms with Gasteiger partial charge in [-0.15, -0.1) is 0 Å². The van der Waals surface area contributed by atoms with E-state index in [0.717, 1.165) is 5.56 Å². The third-order valence-electron chi connectivity index (χ3n) is 1.37. The smallest absolute Gasteiger partial charge is 0.212 e. The molecule has 1 aromatic rings. The quantitative estimate of drug-likeness (QED) is 0.679. The molecule has 3 heteroatoms. The van der Waals surface area contributed by atoms with E-state index < -0.39 is 6.29 Å². The molecule has 1 radical (unpaired) electrons. The Hall–Kier alpha value is -0.900. The zero-order chi connectivity index (χ0) is 8.81. The van der Waals surface area contributed by atoms with E-state index in [9.17, 15) is 5.11 Å². The Morgan fingerprint density at radius 1 is 1.33 bits per heavy atom. The topological polar surface area (TPSA) is 49.4 Å². The van der Waals surface area contributed by atoms with Crippen molar-refractivity contribution in [2.75, 3.05) is 6.61 Å². The number of ether oxygens (including phenoxy) is 1. The van der Waals surface area contributed by atoms with Crippen LogP contribution in [0, 0.1) is 0 Å². The van der Waals surface area contributed by atoms with E-state index in [1.165, 1.54) is 0 Å². The van der Waals surface area contributed by atoms with Crippen LogP contribution < -0.4 is 0 Å². The Bertz CT molecular complexity index is 208. The van der Waals surface area contributed by atoms with Gasteiger partial charge in [0.25, 0.3) is 0 Å². The van der Waals surface area contributed by atoms with Gasteiger partial charge in [0, 0.05) is 0 Å². The molecule has 1 rings (SSSR count). The van der Waals surface area contributed by atoms with Gasteiger partial charge in [0.1, 0.15) is 6.61 Å². The summed E-state index contributed by atoms with van der Waals surface area (Å²) in [6, 6.07) is 9.50. The predicted molar refractivity (Wildman–Crippen MR) is 42.8 cm³/mol. The summed E-state index contributed by atoms with van der Waals surface area (Å²) in [6.07, 6.45) is -1.63. The fourth-order valence-corrected chi connectivity index (χ4v) is 0.852. The van der Waals surface area contributed by atoms with Crippen LogP contribution in [-0.4, -0.2) is 18.0 Å². The number of benzene rings is 1. The van der Waals surface area contributed by atoms with Crippen LogP contribution in [-0.2, 0) is 16.5 Å². The van der Waals surface area contributed by atoms with Crippen LogP contribution >= 0.6 is 0 Å². The molecule has 0 bridgehead atoms. The van der Waals surface area contributed by atoms with Crippen LogP contribution in [0.3, 0.4) is 0 Å². The van der Waals surface area contributed by atoms with Gasteiger partial charge in [0.2, 0.25) is 6.29 Å². The molecule has 0 saturated heterocycles. The van der Waals surface area contributed by atoms with Crippen LogP contribution in [0.4, 0.5) is 0 Å². The molecule has 0 aliphatic heterocycles. The molecule has 0 fully saturated rings. The molecule has 1 atom stereocenters. The zero-order valence-corrected chi connectivity index (χ0v) is 6.64. The molecule has 0 amide bonds. The van der Waals surface area contributed by atoms with Crippen molar-refractivity contribution in [2.45, 2.75) is 12.9 Å². The first-order valence-corrected chi connectivity index (χ1v) is 3.74. The van der Waals surface area contributed by atoms with Gasteiger partial charge in [-0.05, 0) is 5.56 Å². The molecular weight excluding hydrogens is 156 g/mol. The summed E-state index contributed by atoms with van der Waals surface area (Å²) in [6.45, 7) is 0.217. The van der Waals surface area contributed by atoms with Gasteiger partial charge in [0.15, 0.2) is 0 Å². The molecule has 0 saturated carbocycles. The molecule has 0 spiro atoms. The minimum Gasteiger partial charge on any atom is -0.371 e. The van der Waals surface area contributed by atoms with Crippen molar-refractivity contribution in [3.05, 3.63) is 35.9 Å². The number of hydrogen-bond donors (Lipinski definition) is 1. The van der Waals surface area contributed by atoms with Crippen molar-refractivity contribution < 1.29 is 14.9 Å². The highest BCUT2D eigenvalue weighted by atomic mass is 16.5. The van der Waals surface area contributed by atoms with E-state index in [1.807, 2.05) is 30.3 Å². The molecule has 3 nitrogen and oxygen atoms in total. The standard InChI is InChI=1S/C9H11O3/c10-9(11)7-12-6-8-4-2-1-3-5-8/h1-5,9-10H,6-7H2. The molecule has 0 aromatic heterocycles. The Kier molecular flexibility index (Phi) is 3.73. The largest absolute Gasteiger partial charge is 0.371 e. The van der Waals surface area contributed by atoms with Crippen LogP contribution in [0.2, 0.25) is 0 Å². The van der Waals surface area contributed by atoms with Crippen molar-refractivity contribution in [3.63, 3.8) is 0 Å². The van der Waals surface area contributed by atoms with Gasteiger partial charge in [-0.3, -0.25) is 0 Å². The minimum atomic E-state index is -1.63. The van der Waals surface area contributed by atoms with Gasteiger partial charge in [0.05, 0.1) is 6.61 Å². The summed E-state index contributed by atoms with van der Waals surface area (Å²) in [7, 11) is 0. The van der Waals surface area contributed by atoms with E-state index in [-0.39, 0.29) is 6.61 Å². The zero-order valence-electron chi connectivity index (χ0n) is 6.64. The fourth-order valence-electron chi connectivity index (χ4n) is 0.852. The summed E-state index contributed by atoms with van der Waals surface area (Å²) >= 11 is 0. The lowest BCUT2D eigenvalue weighted by Crippen LogP contribution is -2.11. The molecule has 1 unspecified atom stereocenters. The van der Waals surface area contributed by atoms with Gasteiger partial charge in [-0.25, -0.2) is 0 Å². The molecule has 65 valence electrons. The maximum Gasteiger partial charge on any atom is 0.212 e. The summed E-state index contributed by atoms with van der Waals surface area (Å²) in [5, 5.41) is 18.5. The molecule has 0 aliphatic rings. The Morgan fingerprint density at radius 3 is 2.58 bits per heavy atom. The van der Waals surface area contributed by atoms with Gasteiger partial charge in [-0.2, -0.15) is 5.11 Å². The monoisotopic (exact) mass is 167 g/mol. The van der Waals surface area contributed by atoms with Gasteiger partial charge >= 0.3 is 0 Å². The first-order valence-electron chi connectivity index (χ1n) is 3.74. The van der Waals surface area contributed by atoms with Crippen LogP contribution in [0.15, 0.2) is 30.3 Å². The maximum atomic E-state index is 10.1. The second-order valence-electron chi connectivity index (χ2n) is 2.46. The van der Waals surface area contributed by atoms with Gasteiger partial charge in [-0.1, -0.05) is 30.3 Å². The van der Waals surface area contributed by atoms with E-state index >= 15 is 0 Å². The number of aliphatic hydroxyl groups excluding tert-OH is 1. The van der Waals surface area contributed by atoms with E-state index in [0.29, 0.717) is 6.61 Å². The third-order valence-corrected chi connectivity index (χ3v) is 1.37. The Morgan fingerprint density at radius 2 is 2.00 bits per heavy atom. The van der Waals surface area contributed by atoms with Crippen molar-refractivity contribution >= 4 is 0 Å². The summed E-state index contributed by atoms with van der Waals surface area (Å²) in [5.74, 6) is 0. The molecule has 1 N–H and O–H groups in total. The molecular formula is C9H11O3. The minimum absolute atomic E-state index is 0.158. The summed E-state index contributed by atoms with van der Waals surface area (Å²) in [5.41, 5.74) is 0.998.